The number of aromatic amines is 1. The minimum atomic E-state index is 0.528. The van der Waals surface area contributed by atoms with E-state index in [9.17, 15) is 0 Å². The Morgan fingerprint density at radius 1 is 1.12 bits per heavy atom. The number of nitrogens with one attached hydrogen (secondary N) is 1. The third-order valence-electron chi connectivity index (χ3n) is 5.38. The summed E-state index contributed by atoms with van der Waals surface area (Å²) in [4.78, 5) is 18.3. The van der Waals surface area contributed by atoms with Gasteiger partial charge in [0.1, 0.15) is 11.8 Å². The molecule has 1 aliphatic heterocycles. The standard InChI is InChI=1S/C18H21N7O/c1-2-13-8-15(24-23-14(13)3-1)26-9-12-4-6-25(7-5-12)18-16-17(20-10-19-16)21-11-22-18/h8,10-12H,1-7,9H2,(H,19,20,21,22). The number of ether oxygens (including phenoxy) is 1. The molecule has 0 amide bonds. The Hall–Kier alpha value is -2.77. The number of aryl methyl sites for hydroxylation is 2. The molecule has 5 rings (SSSR count). The second-order valence-corrected chi connectivity index (χ2v) is 7.05. The van der Waals surface area contributed by atoms with E-state index in [4.69, 9.17) is 4.74 Å². The van der Waals surface area contributed by atoms with Crippen molar-refractivity contribution in [1.29, 1.82) is 0 Å². The van der Waals surface area contributed by atoms with Crippen molar-refractivity contribution in [3.8, 4) is 5.88 Å². The number of piperidine rings is 1. The normalized spacial score (nSPS) is 17.6. The number of anilines is 1. The molecule has 3 aromatic heterocycles. The van der Waals surface area contributed by atoms with Crippen LogP contribution in [0.3, 0.4) is 0 Å². The van der Waals surface area contributed by atoms with Gasteiger partial charge in [-0.1, -0.05) is 0 Å². The molecule has 4 heterocycles. The molecule has 1 aliphatic carbocycles. The molecule has 0 spiro atoms. The van der Waals surface area contributed by atoms with Crippen molar-refractivity contribution in [3.05, 3.63) is 30.0 Å². The van der Waals surface area contributed by atoms with Crippen LogP contribution in [0.2, 0.25) is 0 Å². The van der Waals surface area contributed by atoms with Gasteiger partial charge in [-0.05, 0) is 43.6 Å². The first-order valence-corrected chi connectivity index (χ1v) is 9.24. The molecule has 0 atom stereocenters. The van der Waals surface area contributed by atoms with E-state index in [0.29, 0.717) is 18.4 Å². The molecule has 3 aromatic rings. The summed E-state index contributed by atoms with van der Waals surface area (Å²) in [5.41, 5.74) is 4.07. The molecular formula is C18H21N7O. The predicted octanol–water partition coefficient (Wildman–Crippen LogP) is 1.93. The van der Waals surface area contributed by atoms with Crippen LogP contribution in [0.1, 0.15) is 30.5 Å². The highest BCUT2D eigenvalue weighted by Gasteiger charge is 2.23. The summed E-state index contributed by atoms with van der Waals surface area (Å²) in [5.74, 6) is 2.14. The minimum absolute atomic E-state index is 0.528. The molecule has 2 aliphatic rings. The van der Waals surface area contributed by atoms with Gasteiger partial charge in [-0.15, -0.1) is 5.10 Å². The second-order valence-electron chi connectivity index (χ2n) is 7.05. The fraction of sp³-hybridized carbons (Fsp3) is 0.500. The number of rotatable bonds is 4. The highest BCUT2D eigenvalue weighted by Crippen LogP contribution is 2.27. The topological polar surface area (TPSA) is 92.7 Å². The molecule has 8 heteroatoms. The van der Waals surface area contributed by atoms with Gasteiger partial charge in [-0.25, -0.2) is 15.0 Å². The monoisotopic (exact) mass is 351 g/mol. The zero-order valence-electron chi connectivity index (χ0n) is 14.6. The Kier molecular flexibility index (Phi) is 3.88. The smallest absolute Gasteiger partial charge is 0.233 e. The number of hydrogen-bond donors (Lipinski definition) is 1. The largest absolute Gasteiger partial charge is 0.476 e. The maximum Gasteiger partial charge on any atom is 0.233 e. The Labute approximate surface area is 151 Å². The van der Waals surface area contributed by atoms with Crippen LogP contribution in [0.25, 0.3) is 11.2 Å². The van der Waals surface area contributed by atoms with Crippen molar-refractivity contribution >= 4 is 17.0 Å². The average molecular weight is 351 g/mol. The van der Waals surface area contributed by atoms with Gasteiger partial charge in [0.15, 0.2) is 11.5 Å². The van der Waals surface area contributed by atoms with Gasteiger partial charge < -0.3 is 14.6 Å². The van der Waals surface area contributed by atoms with Crippen LogP contribution in [-0.4, -0.2) is 49.8 Å². The van der Waals surface area contributed by atoms with Gasteiger partial charge in [0.05, 0.1) is 18.6 Å². The highest BCUT2D eigenvalue weighted by molar-refractivity contribution is 5.82. The van der Waals surface area contributed by atoms with E-state index in [0.717, 1.165) is 61.4 Å². The molecule has 8 nitrogen and oxygen atoms in total. The zero-order valence-corrected chi connectivity index (χ0v) is 14.6. The van der Waals surface area contributed by atoms with Crippen molar-refractivity contribution < 1.29 is 4.74 Å². The molecule has 0 saturated carbocycles. The van der Waals surface area contributed by atoms with Crippen molar-refractivity contribution in [3.63, 3.8) is 0 Å². The molecule has 0 bridgehead atoms. The summed E-state index contributed by atoms with van der Waals surface area (Å²) >= 11 is 0. The van der Waals surface area contributed by atoms with Crippen LogP contribution in [0.4, 0.5) is 5.82 Å². The maximum atomic E-state index is 5.94. The summed E-state index contributed by atoms with van der Waals surface area (Å²) in [5, 5.41) is 8.51. The van der Waals surface area contributed by atoms with Crippen LogP contribution in [0.15, 0.2) is 18.7 Å². The van der Waals surface area contributed by atoms with Gasteiger partial charge in [0.25, 0.3) is 0 Å². The van der Waals surface area contributed by atoms with Crippen LogP contribution >= 0.6 is 0 Å². The predicted molar refractivity (Wildman–Crippen MR) is 96.2 cm³/mol. The van der Waals surface area contributed by atoms with Crippen LogP contribution in [0, 0.1) is 5.92 Å². The van der Waals surface area contributed by atoms with E-state index < -0.39 is 0 Å². The number of hydrogen-bond acceptors (Lipinski definition) is 7. The van der Waals surface area contributed by atoms with Gasteiger partial charge in [-0.3, -0.25) is 0 Å². The Morgan fingerprint density at radius 3 is 2.96 bits per heavy atom. The number of imidazole rings is 1. The second kappa shape index (κ2) is 6.51. The summed E-state index contributed by atoms with van der Waals surface area (Å²) in [7, 11) is 0. The van der Waals surface area contributed by atoms with Gasteiger partial charge in [0.2, 0.25) is 5.88 Å². The van der Waals surface area contributed by atoms with Gasteiger partial charge >= 0.3 is 0 Å². The Balaban J connectivity index is 1.19. The zero-order chi connectivity index (χ0) is 17.3. The van der Waals surface area contributed by atoms with E-state index in [1.165, 1.54) is 12.0 Å². The van der Waals surface area contributed by atoms with Gasteiger partial charge in [-0.2, -0.15) is 5.10 Å². The number of nitrogens with zero attached hydrogens (tertiary/aromatic N) is 6. The molecule has 134 valence electrons. The molecule has 0 radical (unpaired) electrons. The molecule has 1 fully saturated rings. The van der Waals surface area contributed by atoms with Crippen LogP contribution in [-0.2, 0) is 12.8 Å². The fourth-order valence-electron chi connectivity index (χ4n) is 3.89. The first-order chi connectivity index (χ1) is 12.9. The lowest BCUT2D eigenvalue weighted by atomic mass is 9.98. The number of fused-ring (bicyclic) bond motifs is 2. The minimum Gasteiger partial charge on any atom is -0.476 e. The Bertz CT molecular complexity index is 917. The van der Waals surface area contributed by atoms with Crippen molar-refractivity contribution in [2.45, 2.75) is 32.1 Å². The van der Waals surface area contributed by atoms with Crippen LogP contribution < -0.4 is 9.64 Å². The Morgan fingerprint density at radius 2 is 2.04 bits per heavy atom. The van der Waals surface area contributed by atoms with Crippen molar-refractivity contribution in [2.75, 3.05) is 24.6 Å². The molecular weight excluding hydrogens is 330 g/mol. The third-order valence-corrected chi connectivity index (χ3v) is 5.38. The van der Waals surface area contributed by atoms with Crippen molar-refractivity contribution in [2.24, 2.45) is 5.92 Å². The fourth-order valence-corrected chi connectivity index (χ4v) is 3.89. The summed E-state index contributed by atoms with van der Waals surface area (Å²) in [6.07, 6.45) is 8.71. The van der Waals surface area contributed by atoms with E-state index in [2.05, 4.69) is 41.1 Å². The number of H-pyrrole nitrogens is 1. The molecule has 0 unspecified atom stereocenters. The lowest BCUT2D eigenvalue weighted by Crippen LogP contribution is -2.36. The molecule has 1 saturated heterocycles. The maximum absolute atomic E-state index is 5.94. The SMILES string of the molecule is c1nc(N2CCC(COc3cc4c(nn3)CCC4)CC2)c2[nH]cnc2n1. The summed E-state index contributed by atoms with van der Waals surface area (Å²) < 4.78 is 5.94. The lowest BCUT2D eigenvalue weighted by Gasteiger charge is -2.32. The first kappa shape index (κ1) is 15.5. The summed E-state index contributed by atoms with van der Waals surface area (Å²) in [6, 6.07) is 2.07. The van der Waals surface area contributed by atoms with E-state index in [1.807, 2.05) is 0 Å². The van der Waals surface area contributed by atoms with E-state index >= 15 is 0 Å². The van der Waals surface area contributed by atoms with Crippen molar-refractivity contribution in [1.82, 2.24) is 30.1 Å². The van der Waals surface area contributed by atoms with E-state index in [-0.39, 0.29) is 0 Å². The average Bonchev–Trinajstić information content (AvgIpc) is 3.35. The molecule has 1 N–H and O–H groups in total. The quantitative estimate of drug-likeness (QED) is 0.767. The summed E-state index contributed by atoms with van der Waals surface area (Å²) in [6.45, 7) is 2.61. The first-order valence-electron chi connectivity index (χ1n) is 9.24. The van der Waals surface area contributed by atoms with E-state index in [1.54, 1.807) is 12.7 Å². The van der Waals surface area contributed by atoms with Gasteiger partial charge in [0, 0.05) is 19.2 Å². The molecule has 26 heavy (non-hydrogen) atoms. The van der Waals surface area contributed by atoms with Crippen LogP contribution in [0.5, 0.6) is 5.88 Å². The number of aromatic nitrogens is 6. The highest BCUT2D eigenvalue weighted by atomic mass is 16.5. The lowest BCUT2D eigenvalue weighted by molar-refractivity contribution is 0.214. The third kappa shape index (κ3) is 2.85. The molecule has 0 aromatic carbocycles.